The third kappa shape index (κ3) is 3.07. The van der Waals surface area contributed by atoms with E-state index < -0.39 is 5.41 Å². The highest BCUT2D eigenvalue weighted by molar-refractivity contribution is 7.10. The summed E-state index contributed by atoms with van der Waals surface area (Å²) in [5.41, 5.74) is 6.53. The molecule has 0 aliphatic carbocycles. The summed E-state index contributed by atoms with van der Waals surface area (Å²) in [5, 5.41) is 2.06. The van der Waals surface area contributed by atoms with Gasteiger partial charge in [0.25, 0.3) is 0 Å². The van der Waals surface area contributed by atoms with Crippen LogP contribution in [0, 0.1) is 12.3 Å². The van der Waals surface area contributed by atoms with Crippen molar-refractivity contribution in [2.45, 2.75) is 33.7 Å². The number of nitrogens with two attached hydrogens (primary N) is 1. The molecule has 3 nitrogen and oxygen atoms in total. The van der Waals surface area contributed by atoms with E-state index in [0.717, 1.165) is 6.42 Å². The fourth-order valence-electron chi connectivity index (χ4n) is 1.70. The second kappa shape index (κ2) is 5.65. The highest BCUT2D eigenvalue weighted by atomic mass is 32.1. The Morgan fingerprint density at radius 2 is 2.24 bits per heavy atom. The maximum atomic E-state index is 12.3. The number of carbonyl (C=O) groups excluding carboxylic acids is 1. The Morgan fingerprint density at radius 1 is 1.59 bits per heavy atom. The Kier molecular flexibility index (Phi) is 4.71. The van der Waals surface area contributed by atoms with Gasteiger partial charge in [0.2, 0.25) is 5.91 Å². The van der Waals surface area contributed by atoms with Crippen LogP contribution in [0.3, 0.4) is 0 Å². The second-order valence-electron chi connectivity index (χ2n) is 4.81. The molecule has 1 aromatic heterocycles. The van der Waals surface area contributed by atoms with E-state index in [-0.39, 0.29) is 5.91 Å². The van der Waals surface area contributed by atoms with E-state index >= 15 is 0 Å². The lowest BCUT2D eigenvalue weighted by atomic mass is 9.86. The SMILES string of the molecule is CCC(C)(CN)C(=O)N(C)Cc1sccc1C. The maximum absolute atomic E-state index is 12.3. The summed E-state index contributed by atoms with van der Waals surface area (Å²) in [5.74, 6) is 0.135. The molecule has 1 atom stereocenters. The molecule has 1 heterocycles. The van der Waals surface area contributed by atoms with Crippen molar-refractivity contribution in [3.63, 3.8) is 0 Å². The van der Waals surface area contributed by atoms with Crippen LogP contribution in [0.5, 0.6) is 0 Å². The number of amides is 1. The van der Waals surface area contributed by atoms with Crippen molar-refractivity contribution in [2.24, 2.45) is 11.1 Å². The molecule has 0 aliphatic heterocycles. The molecule has 1 unspecified atom stereocenters. The Bertz CT molecular complexity index is 383. The van der Waals surface area contributed by atoms with E-state index in [4.69, 9.17) is 5.73 Å². The van der Waals surface area contributed by atoms with Crippen molar-refractivity contribution in [2.75, 3.05) is 13.6 Å². The third-order valence-electron chi connectivity index (χ3n) is 3.44. The van der Waals surface area contributed by atoms with Gasteiger partial charge in [-0.05, 0) is 37.3 Å². The van der Waals surface area contributed by atoms with Crippen molar-refractivity contribution >= 4 is 17.2 Å². The van der Waals surface area contributed by atoms with Gasteiger partial charge in [-0.15, -0.1) is 11.3 Å². The molecule has 0 spiro atoms. The average molecular weight is 254 g/mol. The minimum atomic E-state index is -0.431. The normalized spacial score (nSPS) is 14.4. The molecule has 0 bridgehead atoms. The van der Waals surface area contributed by atoms with E-state index in [2.05, 4.69) is 18.4 Å². The van der Waals surface area contributed by atoms with Gasteiger partial charge in [-0.2, -0.15) is 0 Å². The lowest BCUT2D eigenvalue weighted by Crippen LogP contribution is -2.44. The molecule has 1 amide bonds. The minimum Gasteiger partial charge on any atom is -0.340 e. The summed E-state index contributed by atoms with van der Waals surface area (Å²) in [7, 11) is 1.85. The molecular formula is C13H22N2OS. The highest BCUT2D eigenvalue weighted by Gasteiger charge is 2.32. The van der Waals surface area contributed by atoms with Crippen LogP contribution in [0.1, 0.15) is 30.7 Å². The molecule has 0 aromatic carbocycles. The van der Waals surface area contributed by atoms with Crippen molar-refractivity contribution in [3.8, 4) is 0 Å². The smallest absolute Gasteiger partial charge is 0.229 e. The van der Waals surface area contributed by atoms with Crippen molar-refractivity contribution < 1.29 is 4.79 Å². The zero-order chi connectivity index (χ0) is 13.1. The van der Waals surface area contributed by atoms with E-state index in [1.54, 1.807) is 16.2 Å². The van der Waals surface area contributed by atoms with Crippen LogP contribution in [-0.2, 0) is 11.3 Å². The average Bonchev–Trinajstić information content (AvgIpc) is 2.73. The summed E-state index contributed by atoms with van der Waals surface area (Å²) in [6.07, 6.45) is 0.774. The summed E-state index contributed by atoms with van der Waals surface area (Å²) in [6, 6.07) is 2.08. The molecule has 0 saturated carbocycles. The second-order valence-corrected chi connectivity index (χ2v) is 5.81. The molecule has 0 fully saturated rings. The monoisotopic (exact) mass is 254 g/mol. The van der Waals surface area contributed by atoms with Crippen LogP contribution in [0.25, 0.3) is 0 Å². The van der Waals surface area contributed by atoms with Crippen molar-refractivity contribution in [1.29, 1.82) is 0 Å². The molecule has 2 N–H and O–H groups in total. The fraction of sp³-hybridized carbons (Fsp3) is 0.615. The Balaban J connectivity index is 2.74. The van der Waals surface area contributed by atoms with Gasteiger partial charge in [-0.1, -0.05) is 6.92 Å². The Hall–Kier alpha value is -0.870. The molecule has 17 heavy (non-hydrogen) atoms. The Morgan fingerprint density at radius 3 is 2.65 bits per heavy atom. The van der Waals surface area contributed by atoms with E-state index in [0.29, 0.717) is 13.1 Å². The van der Waals surface area contributed by atoms with Gasteiger partial charge in [0.05, 0.1) is 12.0 Å². The summed E-state index contributed by atoms with van der Waals surface area (Å²) >= 11 is 1.70. The largest absolute Gasteiger partial charge is 0.340 e. The predicted octanol–water partition coefficient (Wildman–Crippen LogP) is 2.39. The number of rotatable bonds is 5. The van der Waals surface area contributed by atoms with Gasteiger partial charge in [-0.3, -0.25) is 4.79 Å². The van der Waals surface area contributed by atoms with Crippen LogP contribution >= 0.6 is 11.3 Å². The lowest BCUT2D eigenvalue weighted by Gasteiger charge is -2.30. The molecule has 0 radical (unpaired) electrons. The standard InChI is InChI=1S/C13H22N2OS/c1-5-13(3,9-14)12(16)15(4)8-11-10(2)6-7-17-11/h6-7H,5,8-9,14H2,1-4H3. The van der Waals surface area contributed by atoms with Crippen LogP contribution in [0.15, 0.2) is 11.4 Å². The van der Waals surface area contributed by atoms with Crippen molar-refractivity contribution in [1.82, 2.24) is 4.90 Å². The quantitative estimate of drug-likeness (QED) is 0.877. The van der Waals surface area contributed by atoms with Crippen LogP contribution in [-0.4, -0.2) is 24.4 Å². The number of nitrogens with zero attached hydrogens (tertiary/aromatic N) is 1. The lowest BCUT2D eigenvalue weighted by molar-refractivity contribution is -0.140. The zero-order valence-electron chi connectivity index (χ0n) is 11.1. The van der Waals surface area contributed by atoms with Gasteiger partial charge in [-0.25, -0.2) is 0 Å². The first-order chi connectivity index (χ1) is 7.94. The van der Waals surface area contributed by atoms with Gasteiger partial charge in [0, 0.05) is 18.5 Å². The number of thiophene rings is 1. The summed E-state index contributed by atoms with van der Waals surface area (Å²) in [4.78, 5) is 15.3. The molecule has 0 aliphatic rings. The molecule has 0 saturated heterocycles. The topological polar surface area (TPSA) is 46.3 Å². The number of hydrogen-bond acceptors (Lipinski definition) is 3. The zero-order valence-corrected chi connectivity index (χ0v) is 11.9. The Labute approximate surface area is 108 Å². The van der Waals surface area contributed by atoms with Crippen molar-refractivity contribution in [3.05, 3.63) is 21.9 Å². The molecule has 1 rings (SSSR count). The van der Waals surface area contributed by atoms with Crippen LogP contribution in [0.2, 0.25) is 0 Å². The molecule has 4 heteroatoms. The van der Waals surface area contributed by atoms with Gasteiger partial charge < -0.3 is 10.6 Å². The third-order valence-corrected chi connectivity index (χ3v) is 4.45. The minimum absolute atomic E-state index is 0.135. The fourth-order valence-corrected chi connectivity index (χ4v) is 2.66. The van der Waals surface area contributed by atoms with Crippen LogP contribution in [0.4, 0.5) is 0 Å². The molecular weight excluding hydrogens is 232 g/mol. The van der Waals surface area contributed by atoms with Gasteiger partial charge in [0.1, 0.15) is 0 Å². The first-order valence-corrected chi connectivity index (χ1v) is 6.81. The number of carbonyl (C=O) groups is 1. The predicted molar refractivity (Wildman–Crippen MR) is 73.0 cm³/mol. The maximum Gasteiger partial charge on any atom is 0.229 e. The van der Waals surface area contributed by atoms with E-state index in [1.165, 1.54) is 10.4 Å². The van der Waals surface area contributed by atoms with Gasteiger partial charge in [0.15, 0.2) is 0 Å². The van der Waals surface area contributed by atoms with E-state index in [9.17, 15) is 4.79 Å². The summed E-state index contributed by atoms with van der Waals surface area (Å²) in [6.45, 7) is 7.10. The van der Waals surface area contributed by atoms with Gasteiger partial charge >= 0.3 is 0 Å². The summed E-state index contributed by atoms with van der Waals surface area (Å²) < 4.78 is 0. The molecule has 96 valence electrons. The first kappa shape index (κ1) is 14.2. The van der Waals surface area contributed by atoms with E-state index in [1.807, 2.05) is 20.9 Å². The number of hydrogen-bond donors (Lipinski definition) is 1. The van der Waals surface area contributed by atoms with Crippen LogP contribution < -0.4 is 5.73 Å². The first-order valence-electron chi connectivity index (χ1n) is 5.93. The number of aryl methyl sites for hydroxylation is 1. The highest BCUT2D eigenvalue weighted by Crippen LogP contribution is 2.24. The molecule has 1 aromatic rings.